The van der Waals surface area contributed by atoms with E-state index in [4.69, 9.17) is 24.1 Å². The zero-order valence-electron chi connectivity index (χ0n) is 24.4. The number of carbonyl (C=O) groups is 2. The molecule has 9 nitrogen and oxygen atoms in total. The first-order valence-electron chi connectivity index (χ1n) is 14.9. The van der Waals surface area contributed by atoms with Crippen LogP contribution >= 0.6 is 0 Å². The lowest BCUT2D eigenvalue weighted by Gasteiger charge is -2.19. The molecule has 0 saturated carbocycles. The van der Waals surface area contributed by atoms with Gasteiger partial charge in [-0.2, -0.15) is 0 Å². The van der Waals surface area contributed by atoms with Crippen LogP contribution in [0.4, 0.5) is 0 Å². The van der Waals surface area contributed by atoms with Crippen LogP contribution in [0.5, 0.6) is 23.0 Å². The molecule has 1 aliphatic heterocycles. The molecule has 3 N–H and O–H groups in total. The molecule has 9 heteroatoms. The smallest absolute Gasteiger partial charge is 0.303 e. The van der Waals surface area contributed by atoms with E-state index in [0.29, 0.717) is 49.9 Å². The van der Waals surface area contributed by atoms with Crippen LogP contribution in [-0.2, 0) is 29.0 Å². The Hall–Kier alpha value is -4.24. The molecule has 1 aliphatic rings. The Morgan fingerprint density at radius 3 is 2.28 bits per heavy atom. The highest BCUT2D eigenvalue weighted by Gasteiger charge is 2.14. The summed E-state index contributed by atoms with van der Waals surface area (Å²) in [6.07, 6.45) is 5.39. The van der Waals surface area contributed by atoms with E-state index in [1.165, 1.54) is 0 Å². The molecule has 43 heavy (non-hydrogen) atoms. The summed E-state index contributed by atoms with van der Waals surface area (Å²) in [7, 11) is 0. The summed E-state index contributed by atoms with van der Waals surface area (Å²) in [6.45, 7) is 1.80. The van der Waals surface area contributed by atoms with Crippen LogP contribution in [0.3, 0.4) is 0 Å². The molecule has 3 aromatic carbocycles. The van der Waals surface area contributed by atoms with Crippen LogP contribution in [0.25, 0.3) is 11.1 Å². The highest BCUT2D eigenvalue weighted by atomic mass is 16.6. The number of unbranched alkanes of at least 4 members (excludes halogenated alkanes) is 3. The van der Waals surface area contributed by atoms with Gasteiger partial charge < -0.3 is 34.3 Å². The number of aryl methyl sites for hydroxylation is 1. The number of aliphatic hydroxyl groups is 1. The zero-order chi connectivity index (χ0) is 30.4. The average Bonchev–Trinajstić information content (AvgIpc) is 3.01. The summed E-state index contributed by atoms with van der Waals surface area (Å²) >= 11 is 0. The van der Waals surface area contributed by atoms with Crippen LogP contribution in [0.15, 0.2) is 54.6 Å². The molecule has 0 aliphatic carbocycles. The standard InChI is InChI=1S/C34H40O9/c35-23-24-19-27(26-11-13-31-32(22-26)43-18-17-42-31)21-28(20-24)40-15-4-2-1-3-7-25-8-5-9-30(29(25)12-14-34(38)39)41-16-6-10-33(36)37/h5,8-9,11,13,19-22,35H,1-4,6-7,10,12,14-18,23H2,(H,36,37)(H,38,39). The summed E-state index contributed by atoms with van der Waals surface area (Å²) in [6, 6.07) is 17.3. The van der Waals surface area contributed by atoms with Gasteiger partial charge in [0.25, 0.3) is 0 Å². The maximum atomic E-state index is 11.2. The number of benzene rings is 3. The van der Waals surface area contributed by atoms with E-state index in [1.54, 1.807) is 0 Å². The molecule has 0 fully saturated rings. The SMILES string of the molecule is O=C(O)CCCOc1cccc(CCCCCCOc2cc(CO)cc(-c3ccc4c(c3)OCCO4)c2)c1CCC(=O)O. The molecule has 0 amide bonds. The van der Waals surface area contributed by atoms with Gasteiger partial charge >= 0.3 is 11.9 Å². The number of ether oxygens (including phenoxy) is 4. The van der Waals surface area contributed by atoms with E-state index in [9.17, 15) is 19.8 Å². The molecule has 0 unspecified atom stereocenters. The second-order valence-electron chi connectivity index (χ2n) is 10.5. The van der Waals surface area contributed by atoms with E-state index in [2.05, 4.69) is 0 Å². The fourth-order valence-corrected chi connectivity index (χ4v) is 5.09. The van der Waals surface area contributed by atoms with Crippen LogP contribution in [0, 0.1) is 0 Å². The fourth-order valence-electron chi connectivity index (χ4n) is 5.09. The van der Waals surface area contributed by atoms with Gasteiger partial charge in [0, 0.05) is 12.8 Å². The Morgan fingerprint density at radius 1 is 0.721 bits per heavy atom. The number of aliphatic carboxylic acids is 2. The Kier molecular flexibility index (Phi) is 12.1. The minimum atomic E-state index is -0.867. The van der Waals surface area contributed by atoms with Crippen molar-refractivity contribution < 1.29 is 43.9 Å². The fraction of sp³-hybridized carbons (Fsp3) is 0.412. The highest BCUT2D eigenvalue weighted by Crippen LogP contribution is 2.36. The lowest BCUT2D eigenvalue weighted by molar-refractivity contribution is -0.138. The quantitative estimate of drug-likeness (QED) is 0.151. The number of aliphatic hydroxyl groups excluding tert-OH is 1. The molecule has 0 bridgehead atoms. The summed E-state index contributed by atoms with van der Waals surface area (Å²) in [4.78, 5) is 22.0. The van der Waals surface area contributed by atoms with Crippen molar-refractivity contribution in [3.8, 4) is 34.1 Å². The molecule has 0 spiro atoms. The van der Waals surface area contributed by atoms with Gasteiger partial charge in [0.15, 0.2) is 11.5 Å². The number of fused-ring (bicyclic) bond motifs is 1. The monoisotopic (exact) mass is 592 g/mol. The van der Waals surface area contributed by atoms with Gasteiger partial charge in [0.1, 0.15) is 24.7 Å². The van der Waals surface area contributed by atoms with Crippen molar-refractivity contribution in [3.05, 3.63) is 71.3 Å². The summed E-state index contributed by atoms with van der Waals surface area (Å²) in [5, 5.41) is 27.9. The van der Waals surface area contributed by atoms with Crippen LogP contribution < -0.4 is 18.9 Å². The Bertz CT molecular complexity index is 1370. The van der Waals surface area contributed by atoms with E-state index in [0.717, 1.165) is 65.7 Å². The first kappa shape index (κ1) is 31.7. The van der Waals surface area contributed by atoms with Gasteiger partial charge in [-0.15, -0.1) is 0 Å². The van der Waals surface area contributed by atoms with Gasteiger partial charge in [0.05, 0.1) is 19.8 Å². The van der Waals surface area contributed by atoms with Crippen molar-refractivity contribution in [1.29, 1.82) is 0 Å². The van der Waals surface area contributed by atoms with Gasteiger partial charge in [-0.05, 0) is 96.3 Å². The second-order valence-corrected chi connectivity index (χ2v) is 10.5. The first-order chi connectivity index (χ1) is 20.9. The third-order valence-corrected chi connectivity index (χ3v) is 7.25. The van der Waals surface area contributed by atoms with E-state index in [1.807, 2.05) is 54.6 Å². The minimum Gasteiger partial charge on any atom is -0.494 e. The van der Waals surface area contributed by atoms with Crippen molar-refractivity contribution in [1.82, 2.24) is 0 Å². The molecule has 3 aromatic rings. The first-order valence-corrected chi connectivity index (χ1v) is 14.9. The van der Waals surface area contributed by atoms with Gasteiger partial charge in [-0.25, -0.2) is 0 Å². The third kappa shape index (κ3) is 9.92. The molecule has 0 saturated heterocycles. The van der Waals surface area contributed by atoms with Crippen LogP contribution in [-0.4, -0.2) is 53.7 Å². The second kappa shape index (κ2) is 16.4. The normalized spacial score (nSPS) is 12.1. The van der Waals surface area contributed by atoms with E-state index < -0.39 is 11.9 Å². The van der Waals surface area contributed by atoms with Gasteiger partial charge in [0.2, 0.25) is 0 Å². The number of rotatable bonds is 18. The summed E-state index contributed by atoms with van der Waals surface area (Å²) in [5.41, 5.74) is 4.63. The molecule has 0 aromatic heterocycles. The molecule has 0 atom stereocenters. The predicted octanol–water partition coefficient (Wildman–Crippen LogP) is 6.06. The molecular formula is C34H40O9. The van der Waals surface area contributed by atoms with E-state index >= 15 is 0 Å². The Labute approximate surface area is 252 Å². The average molecular weight is 593 g/mol. The number of carboxylic acids is 2. The number of hydrogen-bond acceptors (Lipinski definition) is 7. The topological polar surface area (TPSA) is 132 Å². The van der Waals surface area contributed by atoms with Crippen molar-refractivity contribution in [2.75, 3.05) is 26.4 Å². The molecule has 230 valence electrons. The zero-order valence-corrected chi connectivity index (χ0v) is 24.4. The van der Waals surface area contributed by atoms with Gasteiger partial charge in [-0.3, -0.25) is 9.59 Å². The largest absolute Gasteiger partial charge is 0.494 e. The molecule has 4 rings (SSSR count). The summed E-state index contributed by atoms with van der Waals surface area (Å²) in [5.74, 6) is 1.06. The Balaban J connectivity index is 1.26. The van der Waals surface area contributed by atoms with E-state index in [-0.39, 0.29) is 26.1 Å². The van der Waals surface area contributed by atoms with Crippen molar-refractivity contribution in [3.63, 3.8) is 0 Å². The minimum absolute atomic E-state index is 0.00764. The lowest BCUT2D eigenvalue weighted by Crippen LogP contribution is -2.15. The maximum absolute atomic E-state index is 11.2. The summed E-state index contributed by atoms with van der Waals surface area (Å²) < 4.78 is 23.2. The number of carboxylic acid groups (broad SMARTS) is 2. The maximum Gasteiger partial charge on any atom is 0.303 e. The van der Waals surface area contributed by atoms with Crippen molar-refractivity contribution in [2.45, 2.75) is 64.4 Å². The molecular weight excluding hydrogens is 552 g/mol. The van der Waals surface area contributed by atoms with Gasteiger partial charge in [-0.1, -0.05) is 31.0 Å². The Morgan fingerprint density at radius 2 is 1.49 bits per heavy atom. The predicted molar refractivity (Wildman–Crippen MR) is 161 cm³/mol. The van der Waals surface area contributed by atoms with Crippen molar-refractivity contribution >= 4 is 11.9 Å². The molecule has 0 radical (unpaired) electrons. The molecule has 1 heterocycles. The number of hydrogen-bond donors (Lipinski definition) is 3. The van der Waals surface area contributed by atoms with Crippen molar-refractivity contribution in [2.24, 2.45) is 0 Å². The third-order valence-electron chi connectivity index (χ3n) is 7.25. The van der Waals surface area contributed by atoms with Crippen LogP contribution in [0.2, 0.25) is 0 Å². The van der Waals surface area contributed by atoms with Crippen LogP contribution in [0.1, 0.15) is 61.6 Å². The lowest BCUT2D eigenvalue weighted by atomic mass is 9.97. The highest BCUT2D eigenvalue weighted by molar-refractivity contribution is 5.70.